The highest BCUT2D eigenvalue weighted by atomic mass is 35.5. The summed E-state index contributed by atoms with van der Waals surface area (Å²) >= 11 is 24.4. The molecule has 1 aliphatic heterocycles. The number of hydrogen-bond acceptors (Lipinski definition) is 5. The fourth-order valence-electron chi connectivity index (χ4n) is 3.49. The van der Waals surface area contributed by atoms with Crippen LogP contribution in [0.15, 0.2) is 36.4 Å². The lowest BCUT2D eigenvalue weighted by Crippen LogP contribution is -2.29. The summed E-state index contributed by atoms with van der Waals surface area (Å²) in [6.45, 7) is 0. The predicted molar refractivity (Wildman–Crippen MR) is 123 cm³/mol. The van der Waals surface area contributed by atoms with Crippen LogP contribution in [-0.4, -0.2) is 27.1 Å². The molecule has 3 aromatic carbocycles. The van der Waals surface area contributed by atoms with Crippen LogP contribution in [-0.2, 0) is 12.8 Å². The number of hydrogen-bond donors (Lipinski definition) is 3. The number of halogens is 4. The zero-order valence-electron chi connectivity index (χ0n) is 16.0. The number of aryl methyl sites for hydroxylation is 2. The summed E-state index contributed by atoms with van der Waals surface area (Å²) in [5.41, 5.74) is 1.64. The van der Waals surface area contributed by atoms with Gasteiger partial charge in [0, 0.05) is 0 Å². The largest absolute Gasteiger partial charge is 0.504 e. The van der Waals surface area contributed by atoms with Gasteiger partial charge in [-0.2, -0.15) is 0 Å². The van der Waals surface area contributed by atoms with E-state index in [-0.39, 0.29) is 31.2 Å². The van der Waals surface area contributed by atoms with Gasteiger partial charge in [0.15, 0.2) is 17.2 Å². The van der Waals surface area contributed by atoms with Gasteiger partial charge in [-0.3, -0.25) is 9.59 Å². The highest BCUT2D eigenvalue weighted by Gasteiger charge is 2.42. The molecule has 0 saturated carbocycles. The molecule has 0 unspecified atom stereocenters. The Bertz CT molecular complexity index is 1220. The van der Waals surface area contributed by atoms with Gasteiger partial charge in [-0.05, 0) is 48.2 Å². The fourth-order valence-corrected chi connectivity index (χ4v) is 4.50. The summed E-state index contributed by atoms with van der Waals surface area (Å²) in [7, 11) is 0. The number of rotatable bonds is 4. The summed E-state index contributed by atoms with van der Waals surface area (Å²) in [4.78, 5) is 26.8. The normalized spacial score (nSPS) is 13.1. The summed E-state index contributed by atoms with van der Waals surface area (Å²) in [6.07, 6.45) is 1.00. The summed E-state index contributed by atoms with van der Waals surface area (Å²) < 4.78 is 0. The van der Waals surface area contributed by atoms with E-state index in [0.29, 0.717) is 24.1 Å². The number of amides is 2. The third-order valence-corrected chi connectivity index (χ3v) is 6.93. The average Bonchev–Trinajstić information content (AvgIpc) is 3.03. The van der Waals surface area contributed by atoms with Crippen molar-refractivity contribution in [3.8, 4) is 17.2 Å². The van der Waals surface area contributed by atoms with E-state index in [1.165, 1.54) is 12.1 Å². The Morgan fingerprint density at radius 1 is 0.656 bits per heavy atom. The number of fused-ring (bicyclic) bond motifs is 1. The van der Waals surface area contributed by atoms with Crippen molar-refractivity contribution in [1.29, 1.82) is 0 Å². The van der Waals surface area contributed by atoms with Crippen LogP contribution >= 0.6 is 46.4 Å². The van der Waals surface area contributed by atoms with Crippen molar-refractivity contribution in [2.24, 2.45) is 0 Å². The van der Waals surface area contributed by atoms with Crippen LogP contribution in [0.2, 0.25) is 20.1 Å². The van der Waals surface area contributed by atoms with Crippen LogP contribution in [0.4, 0.5) is 5.69 Å². The third kappa shape index (κ3) is 3.63. The van der Waals surface area contributed by atoms with Gasteiger partial charge in [0.25, 0.3) is 11.8 Å². The molecule has 32 heavy (non-hydrogen) atoms. The van der Waals surface area contributed by atoms with Gasteiger partial charge >= 0.3 is 0 Å². The molecule has 0 bridgehead atoms. The molecule has 2 amide bonds. The van der Waals surface area contributed by atoms with Crippen molar-refractivity contribution in [2.45, 2.75) is 12.8 Å². The minimum absolute atomic E-state index is 0.0907. The van der Waals surface area contributed by atoms with Gasteiger partial charge in [-0.1, -0.05) is 58.5 Å². The molecule has 0 saturated heterocycles. The second-order valence-electron chi connectivity index (χ2n) is 7.10. The first-order valence-electron chi connectivity index (χ1n) is 9.19. The number of aromatic hydroxyl groups is 3. The van der Waals surface area contributed by atoms with Crippen LogP contribution in [0, 0.1) is 0 Å². The first-order valence-corrected chi connectivity index (χ1v) is 10.7. The lowest BCUT2D eigenvalue weighted by molar-refractivity contribution is 0.0926. The van der Waals surface area contributed by atoms with E-state index in [1.807, 2.05) is 0 Å². The Labute approximate surface area is 202 Å². The van der Waals surface area contributed by atoms with Crippen molar-refractivity contribution in [1.82, 2.24) is 0 Å². The van der Waals surface area contributed by atoms with E-state index in [9.17, 15) is 24.9 Å². The molecule has 0 atom stereocenters. The molecule has 6 nitrogen and oxygen atoms in total. The maximum atomic E-state index is 12.9. The molecule has 4 rings (SSSR count). The molecule has 1 heterocycles. The zero-order valence-corrected chi connectivity index (χ0v) is 19.0. The highest BCUT2D eigenvalue weighted by molar-refractivity contribution is 6.56. The van der Waals surface area contributed by atoms with E-state index in [1.54, 1.807) is 24.3 Å². The molecular weight excluding hydrogens is 500 g/mol. The van der Waals surface area contributed by atoms with Crippen LogP contribution in [0.5, 0.6) is 17.2 Å². The number of nitrogens with zero attached hydrogens (tertiary/aromatic N) is 1. The number of anilines is 1. The molecule has 0 spiro atoms. The standard InChI is InChI=1S/C22H13Cl4NO5/c23-16-14-15(17(24)19(26)18(16)25)22(32)27(21(14)31)11-5-3-9(4-6-11)1-2-10-7-12(28)20(30)13(29)8-10/h3-8,28-30H,1-2H2. The molecule has 3 aromatic rings. The maximum absolute atomic E-state index is 12.9. The molecule has 0 aromatic heterocycles. The van der Waals surface area contributed by atoms with Crippen LogP contribution in [0.3, 0.4) is 0 Å². The molecule has 1 aliphatic rings. The number of carbonyl (C=O) groups excluding carboxylic acids is 2. The van der Waals surface area contributed by atoms with E-state index in [0.717, 1.165) is 10.5 Å². The van der Waals surface area contributed by atoms with Gasteiger partial charge in [0.1, 0.15) is 0 Å². The van der Waals surface area contributed by atoms with Crippen LogP contribution < -0.4 is 4.90 Å². The van der Waals surface area contributed by atoms with Gasteiger partial charge < -0.3 is 15.3 Å². The number of phenolic OH excluding ortho intramolecular Hbond substituents is 3. The topological polar surface area (TPSA) is 98.1 Å². The number of carbonyl (C=O) groups is 2. The maximum Gasteiger partial charge on any atom is 0.267 e. The summed E-state index contributed by atoms with van der Waals surface area (Å²) in [6, 6.07) is 9.42. The predicted octanol–water partition coefficient (Wildman–Crippen LogP) is 6.00. The van der Waals surface area contributed by atoms with E-state index in [2.05, 4.69) is 0 Å². The van der Waals surface area contributed by atoms with Crippen molar-refractivity contribution in [3.05, 3.63) is 78.7 Å². The Balaban J connectivity index is 1.57. The Kier molecular flexibility index (Phi) is 5.90. The van der Waals surface area contributed by atoms with E-state index >= 15 is 0 Å². The number of phenols is 3. The first kappa shape index (κ1) is 22.6. The quantitative estimate of drug-likeness (QED) is 0.172. The van der Waals surface area contributed by atoms with E-state index in [4.69, 9.17) is 46.4 Å². The Morgan fingerprint density at radius 2 is 1.09 bits per heavy atom. The zero-order chi connectivity index (χ0) is 23.3. The summed E-state index contributed by atoms with van der Waals surface area (Å²) in [5, 5.41) is 28.2. The molecule has 164 valence electrons. The molecule has 0 radical (unpaired) electrons. The molecule has 0 fully saturated rings. The van der Waals surface area contributed by atoms with Crippen molar-refractivity contribution < 1.29 is 24.9 Å². The molecular formula is C22H13Cl4NO5. The first-order chi connectivity index (χ1) is 15.1. The third-order valence-electron chi connectivity index (χ3n) is 5.13. The monoisotopic (exact) mass is 511 g/mol. The molecule has 10 heteroatoms. The van der Waals surface area contributed by atoms with Crippen LogP contribution in [0.25, 0.3) is 0 Å². The van der Waals surface area contributed by atoms with Gasteiger partial charge in [0.2, 0.25) is 0 Å². The lowest BCUT2D eigenvalue weighted by atomic mass is 10.0. The van der Waals surface area contributed by atoms with Gasteiger partial charge in [0.05, 0.1) is 36.9 Å². The van der Waals surface area contributed by atoms with Crippen molar-refractivity contribution in [3.63, 3.8) is 0 Å². The molecule has 0 aliphatic carbocycles. The summed E-state index contributed by atoms with van der Waals surface area (Å²) in [5.74, 6) is -2.68. The SMILES string of the molecule is O=C1c2c(Cl)c(Cl)c(Cl)c(Cl)c2C(=O)N1c1ccc(CCc2cc(O)c(O)c(O)c2)cc1. The average molecular weight is 513 g/mol. The van der Waals surface area contributed by atoms with E-state index < -0.39 is 29.1 Å². The number of imide groups is 1. The van der Waals surface area contributed by atoms with Crippen LogP contribution in [0.1, 0.15) is 31.8 Å². The van der Waals surface area contributed by atoms with Gasteiger partial charge in [-0.15, -0.1) is 0 Å². The van der Waals surface area contributed by atoms with Crippen molar-refractivity contribution in [2.75, 3.05) is 4.90 Å². The van der Waals surface area contributed by atoms with Gasteiger partial charge in [-0.25, -0.2) is 4.90 Å². The number of benzene rings is 3. The minimum Gasteiger partial charge on any atom is -0.504 e. The fraction of sp³-hybridized carbons (Fsp3) is 0.0909. The smallest absolute Gasteiger partial charge is 0.267 e. The Morgan fingerprint density at radius 3 is 1.56 bits per heavy atom. The second kappa shape index (κ2) is 8.37. The lowest BCUT2D eigenvalue weighted by Gasteiger charge is -2.14. The Hall–Kier alpha value is -2.64. The molecule has 3 N–H and O–H groups in total. The highest BCUT2D eigenvalue weighted by Crippen LogP contribution is 2.45. The van der Waals surface area contributed by atoms with Crippen molar-refractivity contribution >= 4 is 63.9 Å². The second-order valence-corrected chi connectivity index (χ2v) is 8.61. The minimum atomic E-state index is -0.654.